The van der Waals surface area contributed by atoms with Crippen LogP contribution in [0.4, 0.5) is 18.9 Å². The van der Waals surface area contributed by atoms with E-state index in [4.69, 9.17) is 11.6 Å². The standard InChI is InChI=1S/C18H11ClF3N3O3S.CH4/c19-18-23-8-7-10(24-18)9-15(26)11-3-1-6-14(16(11)22)25-29(27,28)17-12(20)4-2-5-13(17)21;/h1-8,25H,9H2;1H4. The molecule has 0 saturated heterocycles. The molecule has 11 heteroatoms. The molecule has 0 aliphatic carbocycles. The summed E-state index contributed by atoms with van der Waals surface area (Å²) in [4.78, 5) is 18.6. The lowest BCUT2D eigenvalue weighted by Gasteiger charge is -2.12. The van der Waals surface area contributed by atoms with Gasteiger partial charge in [-0.15, -0.1) is 0 Å². The van der Waals surface area contributed by atoms with Crippen LogP contribution in [-0.4, -0.2) is 24.2 Å². The molecule has 158 valence electrons. The number of sulfonamides is 1. The van der Waals surface area contributed by atoms with Crippen molar-refractivity contribution >= 4 is 33.1 Å². The smallest absolute Gasteiger partial charge is 0.267 e. The van der Waals surface area contributed by atoms with Crippen LogP contribution in [0.3, 0.4) is 0 Å². The van der Waals surface area contributed by atoms with Crippen LogP contribution in [0.15, 0.2) is 53.6 Å². The van der Waals surface area contributed by atoms with E-state index >= 15 is 0 Å². The van der Waals surface area contributed by atoms with Crippen molar-refractivity contribution in [3.05, 3.63) is 82.7 Å². The van der Waals surface area contributed by atoms with Gasteiger partial charge in [-0.2, -0.15) is 0 Å². The van der Waals surface area contributed by atoms with Crippen molar-refractivity contribution in [2.24, 2.45) is 0 Å². The third kappa shape index (κ3) is 4.95. The van der Waals surface area contributed by atoms with Gasteiger partial charge in [-0.1, -0.05) is 19.6 Å². The van der Waals surface area contributed by atoms with Crippen molar-refractivity contribution in [2.75, 3.05) is 4.72 Å². The Balaban J connectivity index is 0.00000320. The number of rotatable bonds is 6. The first-order valence-electron chi connectivity index (χ1n) is 7.95. The summed E-state index contributed by atoms with van der Waals surface area (Å²) in [7, 11) is -4.79. The highest BCUT2D eigenvalue weighted by Crippen LogP contribution is 2.25. The van der Waals surface area contributed by atoms with Gasteiger partial charge in [-0.05, 0) is 41.9 Å². The van der Waals surface area contributed by atoms with Gasteiger partial charge in [0.25, 0.3) is 10.0 Å². The number of ketones is 1. The molecule has 2 aromatic carbocycles. The molecule has 0 spiro atoms. The predicted octanol–water partition coefficient (Wildman–Crippen LogP) is 4.41. The lowest BCUT2D eigenvalue weighted by Crippen LogP contribution is -2.18. The summed E-state index contributed by atoms with van der Waals surface area (Å²) in [5, 5.41) is -0.0933. The Kier molecular flexibility index (Phi) is 7.16. The van der Waals surface area contributed by atoms with Crippen LogP contribution < -0.4 is 4.72 Å². The minimum atomic E-state index is -4.79. The quantitative estimate of drug-likeness (QED) is 0.437. The van der Waals surface area contributed by atoms with Crippen molar-refractivity contribution in [3.8, 4) is 0 Å². The number of carbonyl (C=O) groups excluding carboxylic acids is 1. The molecule has 3 rings (SSSR count). The van der Waals surface area contributed by atoms with Crippen LogP contribution >= 0.6 is 11.6 Å². The second-order valence-corrected chi connectivity index (χ2v) is 7.70. The number of Topliss-reactive ketones (excluding diaryl/α,β-unsaturated/α-hetero) is 1. The molecule has 1 N–H and O–H groups in total. The molecule has 0 unspecified atom stereocenters. The zero-order chi connectivity index (χ0) is 21.2. The third-order valence-corrected chi connectivity index (χ3v) is 5.35. The summed E-state index contributed by atoms with van der Waals surface area (Å²) in [5.41, 5.74) is -0.845. The highest BCUT2D eigenvalue weighted by atomic mass is 35.5. The van der Waals surface area contributed by atoms with Crippen molar-refractivity contribution in [2.45, 2.75) is 18.7 Å². The Hall–Kier alpha value is -2.98. The Morgan fingerprint density at radius 3 is 2.30 bits per heavy atom. The zero-order valence-corrected chi connectivity index (χ0v) is 15.9. The minimum absolute atomic E-state index is 0. The number of anilines is 1. The summed E-state index contributed by atoms with van der Waals surface area (Å²) in [5.74, 6) is -4.59. The molecule has 30 heavy (non-hydrogen) atoms. The Labute approximate surface area is 175 Å². The van der Waals surface area contributed by atoms with E-state index in [0.29, 0.717) is 0 Å². The first-order valence-corrected chi connectivity index (χ1v) is 9.81. The molecule has 1 aromatic heterocycles. The van der Waals surface area contributed by atoms with Crippen LogP contribution in [0.2, 0.25) is 5.28 Å². The first kappa shape index (κ1) is 23.3. The molecule has 0 amide bonds. The van der Waals surface area contributed by atoms with E-state index in [9.17, 15) is 26.4 Å². The SMILES string of the molecule is C.O=C(Cc1ccnc(Cl)n1)c1cccc(NS(=O)(=O)c2c(F)cccc2F)c1F. The van der Waals surface area contributed by atoms with Gasteiger partial charge in [-0.25, -0.2) is 31.6 Å². The van der Waals surface area contributed by atoms with Crippen molar-refractivity contribution in [1.29, 1.82) is 0 Å². The molecule has 0 atom stereocenters. The van der Waals surface area contributed by atoms with Gasteiger partial charge in [0.15, 0.2) is 16.5 Å². The molecule has 6 nitrogen and oxygen atoms in total. The lowest BCUT2D eigenvalue weighted by atomic mass is 10.1. The van der Waals surface area contributed by atoms with Gasteiger partial charge < -0.3 is 0 Å². The first-order chi connectivity index (χ1) is 13.7. The molecule has 0 aliphatic heterocycles. The highest BCUT2D eigenvalue weighted by molar-refractivity contribution is 7.92. The molecule has 0 bridgehead atoms. The van der Waals surface area contributed by atoms with Crippen LogP contribution in [0.5, 0.6) is 0 Å². The van der Waals surface area contributed by atoms with Gasteiger partial charge in [0, 0.05) is 6.20 Å². The fraction of sp³-hybridized carbons (Fsp3) is 0.105. The topological polar surface area (TPSA) is 89.0 Å². The molecular formula is C19H15ClF3N3O3S. The van der Waals surface area contributed by atoms with Gasteiger partial charge in [0.05, 0.1) is 23.4 Å². The number of hydrogen-bond acceptors (Lipinski definition) is 5. The van der Waals surface area contributed by atoms with Gasteiger partial charge in [-0.3, -0.25) is 9.52 Å². The van der Waals surface area contributed by atoms with E-state index in [-0.39, 0.29) is 24.8 Å². The number of halogens is 4. The summed E-state index contributed by atoms with van der Waals surface area (Å²) in [6.07, 6.45) is 0.999. The number of aromatic nitrogens is 2. The lowest BCUT2D eigenvalue weighted by molar-refractivity contribution is 0.0988. The van der Waals surface area contributed by atoms with Crippen LogP contribution in [0.25, 0.3) is 0 Å². The summed E-state index contributed by atoms with van der Waals surface area (Å²) in [6, 6.07) is 7.28. The zero-order valence-electron chi connectivity index (χ0n) is 14.4. The number of nitrogens with zero attached hydrogens (tertiary/aromatic N) is 2. The second kappa shape index (κ2) is 9.23. The fourth-order valence-corrected chi connectivity index (χ4v) is 3.85. The highest BCUT2D eigenvalue weighted by Gasteiger charge is 2.26. The predicted molar refractivity (Wildman–Crippen MR) is 105 cm³/mol. The van der Waals surface area contributed by atoms with Gasteiger partial charge in [0.2, 0.25) is 5.28 Å². The summed E-state index contributed by atoms with van der Waals surface area (Å²) < 4.78 is 68.8. The molecule has 0 aliphatic rings. The molecule has 0 radical (unpaired) electrons. The average molecular weight is 458 g/mol. The van der Waals surface area contributed by atoms with Crippen LogP contribution in [0.1, 0.15) is 23.5 Å². The van der Waals surface area contributed by atoms with Crippen LogP contribution in [-0.2, 0) is 16.4 Å². The van der Waals surface area contributed by atoms with Crippen molar-refractivity contribution in [3.63, 3.8) is 0 Å². The molecule has 0 saturated carbocycles. The van der Waals surface area contributed by atoms with E-state index in [1.54, 1.807) is 4.72 Å². The molecular weight excluding hydrogens is 443 g/mol. The van der Waals surface area contributed by atoms with Gasteiger partial charge in [0.1, 0.15) is 11.6 Å². The normalized spacial score (nSPS) is 10.9. The molecule has 1 heterocycles. The van der Waals surface area contributed by atoms with E-state index in [0.717, 1.165) is 30.3 Å². The van der Waals surface area contributed by atoms with E-state index in [1.807, 2.05) is 0 Å². The maximum atomic E-state index is 14.8. The van der Waals surface area contributed by atoms with E-state index in [1.165, 1.54) is 18.3 Å². The fourth-order valence-electron chi connectivity index (χ4n) is 2.49. The van der Waals surface area contributed by atoms with Crippen molar-refractivity contribution in [1.82, 2.24) is 9.97 Å². The molecule has 0 fully saturated rings. The second-order valence-electron chi connectivity index (χ2n) is 5.74. The monoisotopic (exact) mass is 457 g/mol. The summed E-state index contributed by atoms with van der Waals surface area (Å²) in [6.45, 7) is 0. The molecule has 3 aromatic rings. The minimum Gasteiger partial charge on any atom is -0.294 e. The Morgan fingerprint density at radius 2 is 1.67 bits per heavy atom. The van der Waals surface area contributed by atoms with Gasteiger partial charge >= 0.3 is 0 Å². The number of carbonyl (C=O) groups is 1. The number of benzene rings is 2. The average Bonchev–Trinajstić information content (AvgIpc) is 2.63. The van der Waals surface area contributed by atoms with Crippen LogP contribution in [0, 0.1) is 17.5 Å². The maximum Gasteiger partial charge on any atom is 0.267 e. The third-order valence-electron chi connectivity index (χ3n) is 3.76. The van der Waals surface area contributed by atoms with E-state index in [2.05, 4.69) is 9.97 Å². The summed E-state index contributed by atoms with van der Waals surface area (Å²) >= 11 is 5.64. The largest absolute Gasteiger partial charge is 0.294 e. The number of hydrogen-bond donors (Lipinski definition) is 1. The Bertz CT molecular complexity index is 1190. The maximum absolute atomic E-state index is 14.8. The Morgan fingerprint density at radius 1 is 1.03 bits per heavy atom. The van der Waals surface area contributed by atoms with E-state index < -0.39 is 49.4 Å². The van der Waals surface area contributed by atoms with Crippen molar-refractivity contribution < 1.29 is 26.4 Å². The number of nitrogens with one attached hydrogen (secondary N) is 1.